The highest BCUT2D eigenvalue weighted by atomic mass is 31.2. The summed E-state index contributed by atoms with van der Waals surface area (Å²) in [4.78, 5) is 35.8. The minimum absolute atomic E-state index is 0.236. The lowest BCUT2D eigenvalue weighted by Gasteiger charge is -2.20. The van der Waals surface area contributed by atoms with E-state index in [-0.39, 0.29) is 5.69 Å². The molecule has 1 aromatic carbocycles. The highest BCUT2D eigenvalue weighted by Gasteiger charge is 2.43. The van der Waals surface area contributed by atoms with Gasteiger partial charge in [0.1, 0.15) is 0 Å². The second-order valence-corrected chi connectivity index (χ2v) is 7.57. The van der Waals surface area contributed by atoms with Crippen LogP contribution in [0.1, 0.15) is 5.56 Å². The highest BCUT2D eigenvalue weighted by Crippen LogP contribution is 2.61. The molecule has 0 aliphatic heterocycles. The zero-order valence-electron chi connectivity index (χ0n) is 8.67. The van der Waals surface area contributed by atoms with Crippen LogP contribution in [0.4, 0.5) is 5.69 Å². The fourth-order valence-corrected chi connectivity index (χ4v) is 3.79. The van der Waals surface area contributed by atoms with Crippen molar-refractivity contribution >= 4 is 20.9 Å². The molecule has 0 fully saturated rings. The van der Waals surface area contributed by atoms with Gasteiger partial charge in [0, 0.05) is 12.1 Å². The first-order chi connectivity index (χ1) is 7.62. The predicted molar refractivity (Wildman–Crippen MR) is 62.4 cm³/mol. The summed E-state index contributed by atoms with van der Waals surface area (Å²) < 4.78 is 22.1. The van der Waals surface area contributed by atoms with Crippen LogP contribution in [0.5, 0.6) is 0 Å². The van der Waals surface area contributed by atoms with Gasteiger partial charge in [-0.3, -0.25) is 9.13 Å². The van der Waals surface area contributed by atoms with E-state index in [0.29, 0.717) is 5.56 Å². The van der Waals surface area contributed by atoms with Crippen LogP contribution < -0.4 is 5.73 Å². The van der Waals surface area contributed by atoms with Gasteiger partial charge in [-0.25, -0.2) is 0 Å². The van der Waals surface area contributed by atoms with Crippen molar-refractivity contribution in [3.05, 3.63) is 29.8 Å². The van der Waals surface area contributed by atoms with Crippen LogP contribution in [0.3, 0.4) is 0 Å². The molecule has 0 aliphatic carbocycles. The summed E-state index contributed by atoms with van der Waals surface area (Å²) in [5, 5.41) is -2.06. The maximum atomic E-state index is 11.1. The Hall–Kier alpha value is -0.680. The zero-order chi connectivity index (χ0) is 13.3. The molecule has 96 valence electrons. The molecule has 0 saturated heterocycles. The molecular formula is C8H13NO6P2. The topological polar surface area (TPSA) is 141 Å². The van der Waals surface area contributed by atoms with E-state index in [9.17, 15) is 9.13 Å². The standard InChI is InChI=1S/C8H13NO6P2/c9-7-4-2-1-3-6(7)5-8(16(10,11)12)17(13,14)15/h1-4,8H,5,9H2,(H2,10,11,12)(H2,13,14,15). The monoisotopic (exact) mass is 281 g/mol. The van der Waals surface area contributed by atoms with Crippen LogP contribution in [-0.4, -0.2) is 25.0 Å². The molecule has 0 heterocycles. The average molecular weight is 281 g/mol. The molecule has 0 bridgehead atoms. The van der Waals surface area contributed by atoms with Crippen LogP contribution in [0, 0.1) is 0 Å². The summed E-state index contributed by atoms with van der Waals surface area (Å²) in [6, 6.07) is 6.14. The largest absolute Gasteiger partial charge is 0.399 e. The Kier molecular flexibility index (Phi) is 4.15. The number of nitrogens with two attached hydrogens (primary N) is 1. The van der Waals surface area contributed by atoms with E-state index in [0.717, 1.165) is 0 Å². The van der Waals surface area contributed by atoms with Gasteiger partial charge in [0.25, 0.3) is 0 Å². The van der Waals surface area contributed by atoms with Crippen molar-refractivity contribution in [3.8, 4) is 0 Å². The number of rotatable bonds is 4. The van der Waals surface area contributed by atoms with Gasteiger partial charge in [0.2, 0.25) is 0 Å². The van der Waals surface area contributed by atoms with Crippen molar-refractivity contribution in [3.63, 3.8) is 0 Å². The van der Waals surface area contributed by atoms with Crippen molar-refractivity contribution in [1.82, 2.24) is 0 Å². The second-order valence-electron chi connectivity index (χ2n) is 3.56. The summed E-state index contributed by atoms with van der Waals surface area (Å²) in [6.07, 6.45) is -0.471. The Balaban J connectivity index is 3.09. The Morgan fingerprint density at radius 2 is 1.53 bits per heavy atom. The van der Waals surface area contributed by atoms with E-state index in [4.69, 9.17) is 25.3 Å². The molecule has 9 heteroatoms. The third kappa shape index (κ3) is 3.92. The van der Waals surface area contributed by atoms with Crippen molar-refractivity contribution in [1.29, 1.82) is 0 Å². The molecule has 0 aliphatic rings. The van der Waals surface area contributed by atoms with Crippen LogP contribution in [0.25, 0.3) is 0 Å². The van der Waals surface area contributed by atoms with Gasteiger partial charge in [0.15, 0.2) is 5.40 Å². The van der Waals surface area contributed by atoms with E-state index in [1.54, 1.807) is 12.1 Å². The molecule has 0 unspecified atom stereocenters. The number of benzene rings is 1. The smallest absolute Gasteiger partial charge is 0.341 e. The summed E-state index contributed by atoms with van der Waals surface area (Å²) >= 11 is 0. The SMILES string of the molecule is Nc1ccccc1CC(P(=O)(O)O)P(=O)(O)O. The van der Waals surface area contributed by atoms with E-state index in [2.05, 4.69) is 0 Å². The summed E-state index contributed by atoms with van der Waals surface area (Å²) in [5.41, 5.74) is 6.08. The van der Waals surface area contributed by atoms with Gasteiger partial charge >= 0.3 is 15.2 Å². The Morgan fingerprint density at radius 1 is 1.06 bits per heavy atom. The van der Waals surface area contributed by atoms with Crippen molar-refractivity contribution < 1.29 is 28.7 Å². The molecule has 7 nitrogen and oxygen atoms in total. The Morgan fingerprint density at radius 3 is 1.94 bits per heavy atom. The normalized spacial score (nSPS) is 13.0. The fraction of sp³-hybridized carbons (Fsp3) is 0.250. The zero-order valence-corrected chi connectivity index (χ0v) is 10.5. The van der Waals surface area contributed by atoms with Crippen molar-refractivity contribution in [2.24, 2.45) is 0 Å². The summed E-state index contributed by atoms with van der Waals surface area (Å²) in [6.45, 7) is 0. The molecule has 6 N–H and O–H groups in total. The first kappa shape index (κ1) is 14.4. The summed E-state index contributed by atoms with van der Waals surface area (Å²) in [7, 11) is -9.80. The van der Waals surface area contributed by atoms with Crippen LogP contribution in [0.2, 0.25) is 0 Å². The number of nitrogen functional groups attached to an aromatic ring is 1. The molecule has 0 spiro atoms. The minimum Gasteiger partial charge on any atom is -0.399 e. The van der Waals surface area contributed by atoms with Crippen LogP contribution >= 0.6 is 15.2 Å². The molecule has 17 heavy (non-hydrogen) atoms. The molecule has 0 radical (unpaired) electrons. The number of hydrogen-bond donors (Lipinski definition) is 5. The molecule has 1 aromatic rings. The minimum atomic E-state index is -4.90. The quantitative estimate of drug-likeness (QED) is 0.399. The van der Waals surface area contributed by atoms with E-state index in [1.165, 1.54) is 12.1 Å². The maximum absolute atomic E-state index is 11.1. The summed E-state index contributed by atoms with van der Waals surface area (Å²) in [5.74, 6) is 0. The number of anilines is 1. The van der Waals surface area contributed by atoms with Gasteiger partial charge < -0.3 is 25.3 Å². The maximum Gasteiger partial charge on any atom is 0.341 e. The highest BCUT2D eigenvalue weighted by molar-refractivity contribution is 7.70. The van der Waals surface area contributed by atoms with Crippen LogP contribution in [-0.2, 0) is 15.6 Å². The molecule has 0 atom stereocenters. The molecular weight excluding hydrogens is 268 g/mol. The fourth-order valence-electron chi connectivity index (χ4n) is 1.35. The molecule has 0 amide bonds. The molecule has 0 aromatic heterocycles. The first-order valence-electron chi connectivity index (χ1n) is 4.56. The van der Waals surface area contributed by atoms with Gasteiger partial charge in [0.05, 0.1) is 0 Å². The average Bonchev–Trinajstić information content (AvgIpc) is 2.12. The van der Waals surface area contributed by atoms with Crippen molar-refractivity contribution in [2.45, 2.75) is 11.8 Å². The Labute approximate surface area is 97.6 Å². The van der Waals surface area contributed by atoms with E-state index in [1.807, 2.05) is 0 Å². The van der Waals surface area contributed by atoms with E-state index >= 15 is 0 Å². The number of para-hydroxylation sites is 1. The predicted octanol–water partition coefficient (Wildman–Crippen LogP) is 0.493. The second kappa shape index (κ2) is 4.90. The lowest BCUT2D eigenvalue weighted by molar-refractivity contribution is 0.338. The van der Waals surface area contributed by atoms with E-state index < -0.39 is 27.0 Å². The first-order valence-corrected chi connectivity index (χ1v) is 7.92. The van der Waals surface area contributed by atoms with Gasteiger partial charge in [-0.1, -0.05) is 18.2 Å². The molecule has 1 rings (SSSR count). The van der Waals surface area contributed by atoms with Gasteiger partial charge in [-0.2, -0.15) is 0 Å². The molecule has 0 saturated carbocycles. The third-order valence-corrected chi connectivity index (χ3v) is 5.96. The van der Waals surface area contributed by atoms with Crippen LogP contribution in [0.15, 0.2) is 24.3 Å². The number of hydrogen-bond acceptors (Lipinski definition) is 3. The lowest BCUT2D eigenvalue weighted by atomic mass is 10.1. The Bertz CT molecular complexity index is 471. The van der Waals surface area contributed by atoms with Gasteiger partial charge in [-0.05, 0) is 11.6 Å². The van der Waals surface area contributed by atoms with Gasteiger partial charge in [-0.15, -0.1) is 0 Å². The lowest BCUT2D eigenvalue weighted by Crippen LogP contribution is -2.13. The van der Waals surface area contributed by atoms with Crippen molar-refractivity contribution in [2.75, 3.05) is 5.73 Å². The third-order valence-electron chi connectivity index (χ3n) is 2.23.